The highest BCUT2D eigenvalue weighted by atomic mass is 19.4. The quantitative estimate of drug-likeness (QED) is 0.127. The van der Waals surface area contributed by atoms with Crippen LogP contribution in [-0.2, 0) is 28.6 Å². The Morgan fingerprint density at radius 1 is 0.867 bits per heavy atom. The molecule has 6 nitrogen and oxygen atoms in total. The highest BCUT2D eigenvalue weighted by molar-refractivity contribution is 5.67. The number of hydrogen-bond acceptors (Lipinski definition) is 6. The van der Waals surface area contributed by atoms with E-state index in [9.17, 15) is 40.7 Å². The molecule has 0 aromatic carbocycles. The van der Waals surface area contributed by atoms with E-state index in [2.05, 4.69) is 23.7 Å². The van der Waals surface area contributed by atoms with Crippen LogP contribution in [-0.4, -0.2) is 48.1 Å². The average Bonchev–Trinajstić information content (AvgIpc) is 3.56. The highest BCUT2D eigenvalue weighted by Gasteiger charge is 2.74. The first-order valence-electron chi connectivity index (χ1n) is 15.4. The monoisotopic (exact) mass is 646 g/mol. The first kappa shape index (κ1) is 34.9. The topological polar surface area (TPSA) is 78.9 Å². The van der Waals surface area contributed by atoms with Gasteiger partial charge in [0.05, 0.1) is 0 Å². The molecule has 12 heteroatoms. The van der Waals surface area contributed by atoms with Gasteiger partial charge in [-0.3, -0.25) is 14.4 Å². The first-order valence-corrected chi connectivity index (χ1v) is 15.4. The van der Waals surface area contributed by atoms with Crippen LogP contribution in [0.25, 0.3) is 0 Å². The molecule has 0 aromatic rings. The van der Waals surface area contributed by atoms with E-state index < -0.39 is 53.5 Å². The van der Waals surface area contributed by atoms with Crippen LogP contribution < -0.4 is 0 Å². The molecule has 0 radical (unpaired) electrons. The predicted octanol–water partition coefficient (Wildman–Crippen LogP) is 7.70. The van der Waals surface area contributed by atoms with Crippen molar-refractivity contribution in [3.8, 4) is 11.8 Å². The van der Waals surface area contributed by atoms with Crippen molar-refractivity contribution < 1.29 is 54.9 Å². The van der Waals surface area contributed by atoms with Crippen LogP contribution in [0.5, 0.6) is 0 Å². The fraction of sp³-hybridized carbons (Fsp3) is 0.727. The molecule has 0 bridgehead atoms. The number of hydrogen-bond donors (Lipinski definition) is 0. The van der Waals surface area contributed by atoms with Gasteiger partial charge >= 0.3 is 35.9 Å². The Bertz CT molecular complexity index is 1260. The van der Waals surface area contributed by atoms with Gasteiger partial charge in [-0.15, -0.1) is 0 Å². The maximum Gasteiger partial charge on any atom is 0.450 e. The molecule has 45 heavy (non-hydrogen) atoms. The number of carbonyl (C=O) groups excluding carboxylic acids is 3. The Morgan fingerprint density at radius 3 is 1.93 bits per heavy atom. The lowest BCUT2D eigenvalue weighted by Crippen LogP contribution is -2.58. The lowest BCUT2D eigenvalue weighted by molar-refractivity contribution is -0.345. The van der Waals surface area contributed by atoms with Crippen molar-refractivity contribution in [1.29, 1.82) is 0 Å². The number of rotatable bonds is 6. The van der Waals surface area contributed by atoms with E-state index in [1.54, 1.807) is 0 Å². The zero-order valence-corrected chi connectivity index (χ0v) is 26.0. The van der Waals surface area contributed by atoms with Gasteiger partial charge in [-0.1, -0.05) is 36.1 Å². The van der Waals surface area contributed by atoms with Gasteiger partial charge in [0.25, 0.3) is 0 Å². The minimum atomic E-state index is -5.96. The van der Waals surface area contributed by atoms with E-state index >= 15 is 0 Å². The third kappa shape index (κ3) is 7.38. The van der Waals surface area contributed by atoms with Crippen LogP contribution in [0.15, 0.2) is 23.3 Å². The number of allylic oxidation sites excluding steroid dienone is 3. The molecular formula is C33H40F6O6. The fourth-order valence-corrected chi connectivity index (χ4v) is 8.20. The smallest absolute Gasteiger partial charge is 0.450 e. The summed E-state index contributed by atoms with van der Waals surface area (Å²) in [6.07, 6.45) is -1.68. The lowest BCUT2D eigenvalue weighted by Gasteiger charge is -2.45. The summed E-state index contributed by atoms with van der Waals surface area (Å²) in [7, 11) is 0. The summed E-state index contributed by atoms with van der Waals surface area (Å²) in [5.41, 5.74) is -3.33. The van der Waals surface area contributed by atoms with Crippen molar-refractivity contribution in [2.75, 3.05) is 0 Å². The summed E-state index contributed by atoms with van der Waals surface area (Å²) >= 11 is 0. The molecule has 4 aliphatic carbocycles. The SMILES string of the molecule is CC(=O)O[C@@H]1CC(=C/C=C2\CCC[C@]3(C)[C@@H](C4(CC#CC(OC(C)=O)(C(F)(F)F)C(F)(F)F)CC4)CC[C@@H]23)C[C@@H](OC(C)=O)C1. The number of fused-ring (bicyclic) bond motifs is 1. The predicted molar refractivity (Wildman–Crippen MR) is 150 cm³/mol. The van der Waals surface area contributed by atoms with Gasteiger partial charge in [0.1, 0.15) is 12.2 Å². The third-order valence-corrected chi connectivity index (χ3v) is 10.1. The molecular weight excluding hydrogens is 606 g/mol. The van der Waals surface area contributed by atoms with Gasteiger partial charge in [0.2, 0.25) is 0 Å². The number of alkyl halides is 6. The summed E-state index contributed by atoms with van der Waals surface area (Å²) in [6, 6.07) is 0. The second kappa shape index (κ2) is 12.7. The second-order valence-corrected chi connectivity index (χ2v) is 13.3. The van der Waals surface area contributed by atoms with E-state index in [1.165, 1.54) is 25.3 Å². The molecule has 4 rings (SSSR count). The van der Waals surface area contributed by atoms with Gasteiger partial charge in [-0.25, -0.2) is 0 Å². The van der Waals surface area contributed by atoms with Crippen molar-refractivity contribution in [1.82, 2.24) is 0 Å². The van der Waals surface area contributed by atoms with E-state index in [-0.39, 0.29) is 23.7 Å². The minimum absolute atomic E-state index is 0.0666. The maximum absolute atomic E-state index is 13.7. The Kier molecular flexibility index (Phi) is 9.83. The minimum Gasteiger partial charge on any atom is -0.462 e. The normalized spacial score (nSPS) is 30.4. The molecule has 4 aliphatic rings. The van der Waals surface area contributed by atoms with Gasteiger partial charge in [-0.05, 0) is 73.5 Å². The van der Waals surface area contributed by atoms with Crippen LogP contribution in [0.1, 0.15) is 98.3 Å². The van der Waals surface area contributed by atoms with Crippen molar-refractivity contribution in [3.05, 3.63) is 23.3 Å². The summed E-state index contributed by atoms with van der Waals surface area (Å²) in [6.45, 7) is 5.33. The molecule has 0 saturated heterocycles. The fourth-order valence-electron chi connectivity index (χ4n) is 8.20. The maximum atomic E-state index is 13.7. The van der Waals surface area contributed by atoms with E-state index in [0.717, 1.165) is 37.7 Å². The van der Waals surface area contributed by atoms with Crippen molar-refractivity contribution in [3.63, 3.8) is 0 Å². The molecule has 0 aromatic heterocycles. The van der Waals surface area contributed by atoms with Gasteiger partial charge < -0.3 is 14.2 Å². The molecule has 0 amide bonds. The zero-order valence-electron chi connectivity index (χ0n) is 26.0. The Hall–Kier alpha value is -2.97. The van der Waals surface area contributed by atoms with Crippen LogP contribution in [0.3, 0.4) is 0 Å². The third-order valence-electron chi connectivity index (χ3n) is 10.1. The molecule has 0 spiro atoms. The lowest BCUT2D eigenvalue weighted by atomic mass is 9.59. The molecule has 4 saturated carbocycles. The van der Waals surface area contributed by atoms with Crippen LogP contribution in [0, 0.1) is 34.5 Å². The van der Waals surface area contributed by atoms with E-state index in [1.807, 2.05) is 6.08 Å². The standard InChI is InChI=1S/C33H40F6O6/c1-20(40)43-25-17-23(18-26(19-25)44-21(2)41)8-9-24-7-5-12-29(4)27(24)10-11-28(29)30(15-16-30)13-6-14-31(32(34,35)36,33(37,38)39)45-22(3)42/h8-9,25-28H,5,7,10-13,15-19H2,1-4H3/b24-9+/t25-,26-,27+,28+,29+/m1/s1. The summed E-state index contributed by atoms with van der Waals surface area (Å²) in [5, 5.41) is 0. The molecule has 5 atom stereocenters. The van der Waals surface area contributed by atoms with Crippen molar-refractivity contribution in [2.24, 2.45) is 22.7 Å². The average molecular weight is 647 g/mol. The number of ether oxygens (including phenoxy) is 3. The van der Waals surface area contributed by atoms with Crippen molar-refractivity contribution in [2.45, 2.75) is 128 Å². The summed E-state index contributed by atoms with van der Waals surface area (Å²) < 4.78 is 96.9. The molecule has 0 unspecified atom stereocenters. The summed E-state index contributed by atoms with van der Waals surface area (Å²) in [5.74, 6) is 1.23. The zero-order chi connectivity index (χ0) is 33.4. The van der Waals surface area contributed by atoms with Crippen LogP contribution >= 0.6 is 0 Å². The second-order valence-electron chi connectivity index (χ2n) is 13.3. The molecule has 4 fully saturated rings. The first-order chi connectivity index (χ1) is 20.8. The number of esters is 3. The molecule has 0 N–H and O–H groups in total. The summed E-state index contributed by atoms with van der Waals surface area (Å²) in [4.78, 5) is 34.5. The highest BCUT2D eigenvalue weighted by Crippen LogP contribution is 2.69. The van der Waals surface area contributed by atoms with E-state index in [4.69, 9.17) is 9.47 Å². The molecule has 250 valence electrons. The van der Waals surface area contributed by atoms with Crippen molar-refractivity contribution >= 4 is 17.9 Å². The molecule has 0 heterocycles. The van der Waals surface area contributed by atoms with E-state index in [0.29, 0.717) is 39.0 Å². The molecule has 0 aliphatic heterocycles. The van der Waals surface area contributed by atoms with Gasteiger partial charge in [-0.2, -0.15) is 26.3 Å². The van der Waals surface area contributed by atoms with Crippen LogP contribution in [0.2, 0.25) is 0 Å². The van der Waals surface area contributed by atoms with Crippen LogP contribution in [0.4, 0.5) is 26.3 Å². The number of carbonyl (C=O) groups is 3. The Morgan fingerprint density at radius 2 is 1.44 bits per heavy atom. The van der Waals surface area contributed by atoms with Gasteiger partial charge in [0, 0.05) is 46.5 Å². The van der Waals surface area contributed by atoms with Gasteiger partial charge in [0.15, 0.2) is 0 Å². The number of halogens is 6. The largest absolute Gasteiger partial charge is 0.462 e. The Labute approximate surface area is 259 Å². The Balaban J connectivity index is 1.55.